The van der Waals surface area contributed by atoms with Crippen LogP contribution < -0.4 is 10.5 Å². The minimum absolute atomic E-state index is 0.122. The molecule has 2 aromatic rings. The third-order valence-corrected chi connectivity index (χ3v) is 3.54. The maximum Gasteiger partial charge on any atom is 0.142 e. The predicted molar refractivity (Wildman–Crippen MR) is 82.3 cm³/mol. The summed E-state index contributed by atoms with van der Waals surface area (Å²) in [5, 5.41) is 0. The van der Waals surface area contributed by atoms with Gasteiger partial charge in [-0.1, -0.05) is 24.3 Å². The van der Waals surface area contributed by atoms with Crippen LogP contribution in [0, 0.1) is 5.82 Å². The van der Waals surface area contributed by atoms with Crippen molar-refractivity contribution in [1.29, 1.82) is 0 Å². The van der Waals surface area contributed by atoms with Crippen molar-refractivity contribution >= 4 is 15.9 Å². The zero-order valence-electron chi connectivity index (χ0n) is 11.4. The van der Waals surface area contributed by atoms with Crippen LogP contribution >= 0.6 is 15.9 Å². The molecular formula is C16H17BrFNO. The van der Waals surface area contributed by atoms with Gasteiger partial charge in [-0.25, -0.2) is 4.39 Å². The van der Waals surface area contributed by atoms with Crippen LogP contribution in [0.25, 0.3) is 0 Å². The van der Waals surface area contributed by atoms with E-state index in [1.54, 1.807) is 18.2 Å². The van der Waals surface area contributed by atoms with Crippen LogP contribution in [0.2, 0.25) is 0 Å². The van der Waals surface area contributed by atoms with E-state index in [4.69, 9.17) is 10.5 Å². The zero-order valence-corrected chi connectivity index (χ0v) is 13.0. The summed E-state index contributed by atoms with van der Waals surface area (Å²) < 4.78 is 20.0. The lowest BCUT2D eigenvalue weighted by atomic mass is 9.99. The van der Waals surface area contributed by atoms with Gasteiger partial charge in [0.2, 0.25) is 0 Å². The maximum atomic E-state index is 14.0. The number of ether oxygens (including phenoxy) is 1. The fourth-order valence-corrected chi connectivity index (χ4v) is 2.35. The number of hydrogen-bond donors (Lipinski definition) is 1. The molecule has 0 bridgehead atoms. The number of benzene rings is 2. The normalized spacial score (nSPS) is 12.5. The van der Waals surface area contributed by atoms with Crippen LogP contribution in [0.15, 0.2) is 46.9 Å². The minimum atomic E-state index is -0.499. The van der Waals surface area contributed by atoms with Crippen molar-refractivity contribution in [2.45, 2.75) is 26.0 Å². The molecule has 0 spiro atoms. The number of halogens is 2. The molecule has 1 atom stereocenters. The lowest BCUT2D eigenvalue weighted by Gasteiger charge is -2.15. The molecule has 2 rings (SSSR count). The first-order valence-electron chi connectivity index (χ1n) is 6.45. The van der Waals surface area contributed by atoms with Crippen LogP contribution in [0.4, 0.5) is 4.39 Å². The summed E-state index contributed by atoms with van der Waals surface area (Å²) in [6, 6.07) is 12.1. The second kappa shape index (κ2) is 6.37. The number of hydrogen-bond acceptors (Lipinski definition) is 2. The highest BCUT2D eigenvalue weighted by Gasteiger charge is 2.15. The first-order valence-corrected chi connectivity index (χ1v) is 7.24. The van der Waals surface area contributed by atoms with Crippen LogP contribution in [-0.2, 0) is 0 Å². The van der Waals surface area contributed by atoms with Crippen LogP contribution in [0.1, 0.15) is 31.0 Å². The van der Waals surface area contributed by atoms with Gasteiger partial charge in [-0.15, -0.1) is 0 Å². The van der Waals surface area contributed by atoms with Gasteiger partial charge in [0.1, 0.15) is 11.6 Å². The molecule has 2 aromatic carbocycles. The van der Waals surface area contributed by atoms with Crippen molar-refractivity contribution in [2.24, 2.45) is 5.73 Å². The van der Waals surface area contributed by atoms with E-state index in [2.05, 4.69) is 15.9 Å². The second-order valence-corrected chi connectivity index (χ2v) is 5.71. The van der Waals surface area contributed by atoms with Gasteiger partial charge in [0.25, 0.3) is 0 Å². The van der Waals surface area contributed by atoms with Gasteiger partial charge >= 0.3 is 0 Å². The van der Waals surface area contributed by atoms with Crippen molar-refractivity contribution in [2.75, 3.05) is 0 Å². The van der Waals surface area contributed by atoms with Crippen molar-refractivity contribution in [3.8, 4) is 5.75 Å². The molecule has 20 heavy (non-hydrogen) atoms. The SMILES string of the molecule is CC(C)Oc1ccc(C(N)c2cccc(Br)c2F)cc1. The van der Waals surface area contributed by atoms with Gasteiger partial charge in [-0.3, -0.25) is 0 Å². The van der Waals surface area contributed by atoms with E-state index in [1.165, 1.54) is 0 Å². The van der Waals surface area contributed by atoms with Gasteiger partial charge in [-0.2, -0.15) is 0 Å². The second-order valence-electron chi connectivity index (χ2n) is 4.86. The Bertz CT molecular complexity index is 584. The van der Waals surface area contributed by atoms with E-state index in [0.29, 0.717) is 10.0 Å². The molecule has 0 saturated heterocycles. The molecule has 0 aromatic heterocycles. The summed E-state index contributed by atoms with van der Waals surface area (Å²) >= 11 is 3.18. The van der Waals surface area contributed by atoms with Crippen molar-refractivity contribution in [3.63, 3.8) is 0 Å². The van der Waals surface area contributed by atoms with E-state index in [0.717, 1.165) is 11.3 Å². The van der Waals surface area contributed by atoms with Gasteiger partial charge in [0.15, 0.2) is 0 Å². The smallest absolute Gasteiger partial charge is 0.142 e. The third kappa shape index (κ3) is 3.38. The summed E-state index contributed by atoms with van der Waals surface area (Å²) in [6.07, 6.45) is 0.122. The highest BCUT2D eigenvalue weighted by Crippen LogP contribution is 2.27. The lowest BCUT2D eigenvalue weighted by molar-refractivity contribution is 0.242. The fourth-order valence-electron chi connectivity index (χ4n) is 1.97. The predicted octanol–water partition coefficient (Wildman–Crippen LogP) is 4.42. The Balaban J connectivity index is 2.25. The topological polar surface area (TPSA) is 35.2 Å². The maximum absolute atomic E-state index is 14.0. The molecule has 0 amide bonds. The molecule has 0 saturated carbocycles. The van der Waals surface area contributed by atoms with E-state index in [9.17, 15) is 4.39 Å². The van der Waals surface area contributed by atoms with E-state index in [-0.39, 0.29) is 11.9 Å². The zero-order chi connectivity index (χ0) is 14.7. The quantitative estimate of drug-likeness (QED) is 0.895. The largest absolute Gasteiger partial charge is 0.491 e. The van der Waals surface area contributed by atoms with Gasteiger partial charge in [-0.05, 0) is 53.5 Å². The van der Waals surface area contributed by atoms with Crippen molar-refractivity contribution in [1.82, 2.24) is 0 Å². The molecule has 0 aliphatic rings. The average molecular weight is 338 g/mol. The molecule has 0 radical (unpaired) electrons. The molecule has 106 valence electrons. The van der Waals surface area contributed by atoms with Crippen LogP contribution in [0.5, 0.6) is 5.75 Å². The molecule has 0 fully saturated rings. The van der Waals surface area contributed by atoms with Gasteiger partial charge in [0, 0.05) is 5.56 Å². The minimum Gasteiger partial charge on any atom is -0.491 e. The van der Waals surface area contributed by atoms with E-state index < -0.39 is 6.04 Å². The number of nitrogens with two attached hydrogens (primary N) is 1. The average Bonchev–Trinajstić information content (AvgIpc) is 2.41. The summed E-state index contributed by atoms with van der Waals surface area (Å²) in [4.78, 5) is 0. The molecule has 4 heteroatoms. The Morgan fingerprint density at radius 3 is 2.35 bits per heavy atom. The Labute approximate surface area is 126 Å². The summed E-state index contributed by atoms with van der Waals surface area (Å²) in [7, 11) is 0. The molecule has 0 aliphatic carbocycles. The Kier molecular flexibility index (Phi) is 4.78. The summed E-state index contributed by atoms with van der Waals surface area (Å²) in [5.41, 5.74) is 7.45. The Morgan fingerprint density at radius 2 is 1.75 bits per heavy atom. The molecule has 0 heterocycles. The molecule has 0 aliphatic heterocycles. The highest BCUT2D eigenvalue weighted by molar-refractivity contribution is 9.10. The fraction of sp³-hybridized carbons (Fsp3) is 0.250. The standard InChI is InChI=1S/C16H17BrFNO/c1-10(2)20-12-8-6-11(7-9-12)16(19)13-4-3-5-14(17)15(13)18/h3-10,16H,19H2,1-2H3. The Hall–Kier alpha value is -1.39. The van der Waals surface area contributed by atoms with E-state index in [1.807, 2.05) is 38.1 Å². The first kappa shape index (κ1) is 15.0. The van der Waals surface area contributed by atoms with Crippen LogP contribution in [-0.4, -0.2) is 6.10 Å². The van der Waals surface area contributed by atoms with Crippen molar-refractivity contribution in [3.05, 3.63) is 63.9 Å². The molecular weight excluding hydrogens is 321 g/mol. The molecule has 2 nitrogen and oxygen atoms in total. The Morgan fingerprint density at radius 1 is 1.10 bits per heavy atom. The van der Waals surface area contributed by atoms with E-state index >= 15 is 0 Å². The molecule has 1 unspecified atom stereocenters. The summed E-state index contributed by atoms with van der Waals surface area (Å²) in [5.74, 6) is 0.466. The lowest BCUT2D eigenvalue weighted by Crippen LogP contribution is -2.14. The van der Waals surface area contributed by atoms with Crippen LogP contribution in [0.3, 0.4) is 0 Å². The first-order chi connectivity index (χ1) is 9.49. The third-order valence-electron chi connectivity index (χ3n) is 2.93. The van der Waals surface area contributed by atoms with Gasteiger partial charge < -0.3 is 10.5 Å². The van der Waals surface area contributed by atoms with Gasteiger partial charge in [0.05, 0.1) is 16.6 Å². The number of rotatable bonds is 4. The summed E-state index contributed by atoms with van der Waals surface area (Å²) in [6.45, 7) is 3.94. The molecule has 2 N–H and O–H groups in total. The highest BCUT2D eigenvalue weighted by atomic mass is 79.9. The monoisotopic (exact) mass is 337 g/mol. The van der Waals surface area contributed by atoms with Crippen molar-refractivity contribution < 1.29 is 9.13 Å².